The molecule has 0 amide bonds. The number of rotatable bonds is 4. The predicted molar refractivity (Wildman–Crippen MR) is 50.2 cm³/mol. The molecule has 60 valence electrons. The molecular formula is C9H19P. The van der Waals surface area contributed by atoms with Gasteiger partial charge in [0.1, 0.15) is 0 Å². The van der Waals surface area contributed by atoms with Gasteiger partial charge in [0.05, 0.1) is 0 Å². The molecule has 1 aliphatic carbocycles. The van der Waals surface area contributed by atoms with Crippen LogP contribution in [0.4, 0.5) is 0 Å². The third-order valence-corrected chi connectivity index (χ3v) is 3.51. The van der Waals surface area contributed by atoms with Crippen LogP contribution in [0.3, 0.4) is 0 Å². The Morgan fingerprint density at radius 1 is 1.60 bits per heavy atom. The quantitative estimate of drug-likeness (QED) is 0.552. The fourth-order valence-corrected chi connectivity index (χ4v) is 1.65. The minimum Gasteiger partial charge on any atom is -0.137 e. The first-order valence-corrected chi connectivity index (χ1v) is 5.25. The molecule has 0 aliphatic heterocycles. The lowest BCUT2D eigenvalue weighted by Gasteiger charge is -2.05. The van der Waals surface area contributed by atoms with Crippen molar-refractivity contribution in [3.63, 3.8) is 0 Å². The molecule has 0 saturated heterocycles. The lowest BCUT2D eigenvalue weighted by atomic mass is 10.0. The summed E-state index contributed by atoms with van der Waals surface area (Å²) in [4.78, 5) is 0. The van der Waals surface area contributed by atoms with E-state index in [4.69, 9.17) is 0 Å². The maximum absolute atomic E-state index is 2.83. The third kappa shape index (κ3) is 2.58. The van der Waals surface area contributed by atoms with Crippen LogP contribution in [-0.4, -0.2) is 6.16 Å². The summed E-state index contributed by atoms with van der Waals surface area (Å²) in [6.45, 7) is 4.72. The highest BCUT2D eigenvalue weighted by Gasteiger charge is 2.31. The lowest BCUT2D eigenvalue weighted by molar-refractivity contribution is 0.521. The van der Waals surface area contributed by atoms with Gasteiger partial charge in [-0.2, -0.15) is 0 Å². The van der Waals surface area contributed by atoms with E-state index < -0.39 is 0 Å². The molecule has 1 fully saturated rings. The van der Waals surface area contributed by atoms with E-state index in [9.17, 15) is 0 Å². The van der Waals surface area contributed by atoms with Crippen molar-refractivity contribution in [1.82, 2.24) is 0 Å². The fourth-order valence-electron chi connectivity index (χ4n) is 1.42. The Kier molecular flexibility index (Phi) is 3.17. The summed E-state index contributed by atoms with van der Waals surface area (Å²) in [6.07, 6.45) is 5.71. The lowest BCUT2D eigenvalue weighted by Crippen LogP contribution is -1.95. The summed E-state index contributed by atoms with van der Waals surface area (Å²) in [7, 11) is 2.83. The second-order valence-electron chi connectivity index (χ2n) is 3.89. The van der Waals surface area contributed by atoms with E-state index in [1.54, 1.807) is 0 Å². The van der Waals surface area contributed by atoms with Gasteiger partial charge in [-0.15, -0.1) is 9.24 Å². The van der Waals surface area contributed by atoms with Crippen molar-refractivity contribution < 1.29 is 0 Å². The molecular weight excluding hydrogens is 139 g/mol. The maximum atomic E-state index is 2.83. The van der Waals surface area contributed by atoms with Crippen molar-refractivity contribution in [1.29, 1.82) is 0 Å². The molecule has 0 spiro atoms. The van der Waals surface area contributed by atoms with Crippen molar-refractivity contribution in [2.75, 3.05) is 6.16 Å². The molecule has 10 heavy (non-hydrogen) atoms. The zero-order valence-electron chi connectivity index (χ0n) is 7.14. The van der Waals surface area contributed by atoms with Crippen LogP contribution in [0, 0.1) is 17.8 Å². The second-order valence-corrected chi connectivity index (χ2v) is 4.36. The summed E-state index contributed by atoms with van der Waals surface area (Å²) in [5, 5.41) is 0. The Hall–Kier alpha value is 0.430. The van der Waals surface area contributed by atoms with E-state index >= 15 is 0 Å². The molecule has 0 bridgehead atoms. The van der Waals surface area contributed by atoms with E-state index in [0.29, 0.717) is 0 Å². The molecule has 0 aromatic heterocycles. The Morgan fingerprint density at radius 3 is 2.60 bits per heavy atom. The molecule has 0 aromatic rings. The maximum Gasteiger partial charge on any atom is -0.0355 e. The summed E-state index contributed by atoms with van der Waals surface area (Å²) < 4.78 is 0. The van der Waals surface area contributed by atoms with E-state index in [0.717, 1.165) is 17.8 Å². The molecule has 4 atom stereocenters. The van der Waals surface area contributed by atoms with Gasteiger partial charge in [0.2, 0.25) is 0 Å². The summed E-state index contributed by atoms with van der Waals surface area (Å²) in [6, 6.07) is 0. The smallest absolute Gasteiger partial charge is 0.0355 e. The monoisotopic (exact) mass is 158 g/mol. The average Bonchev–Trinajstić information content (AvgIpc) is 2.61. The first-order chi connectivity index (χ1) is 4.74. The van der Waals surface area contributed by atoms with Crippen LogP contribution in [0.2, 0.25) is 0 Å². The second kappa shape index (κ2) is 3.72. The highest BCUT2D eigenvalue weighted by molar-refractivity contribution is 7.16. The van der Waals surface area contributed by atoms with Crippen LogP contribution in [0.5, 0.6) is 0 Å². The minimum absolute atomic E-state index is 0.929. The van der Waals surface area contributed by atoms with Gasteiger partial charge < -0.3 is 0 Å². The molecule has 1 saturated carbocycles. The minimum atomic E-state index is 0.929. The van der Waals surface area contributed by atoms with Crippen LogP contribution < -0.4 is 0 Å². The van der Waals surface area contributed by atoms with Gasteiger partial charge in [-0.25, -0.2) is 0 Å². The largest absolute Gasteiger partial charge is 0.137 e. The molecule has 1 aliphatic rings. The van der Waals surface area contributed by atoms with Crippen molar-refractivity contribution in [3.8, 4) is 0 Å². The first-order valence-electron chi connectivity index (χ1n) is 4.44. The standard InChI is InChI=1S/C9H19P/c1-7(6-10)3-4-9-5-8(9)2/h7-9H,3-6,10H2,1-2H3/t7-,8?,9?/m0/s1. The molecule has 0 nitrogen and oxygen atoms in total. The van der Waals surface area contributed by atoms with Gasteiger partial charge in [-0.1, -0.05) is 20.3 Å². The summed E-state index contributed by atoms with van der Waals surface area (Å²) >= 11 is 0. The Morgan fingerprint density at radius 2 is 2.20 bits per heavy atom. The van der Waals surface area contributed by atoms with Gasteiger partial charge in [0.15, 0.2) is 0 Å². The number of hydrogen-bond acceptors (Lipinski definition) is 0. The van der Waals surface area contributed by atoms with Crippen LogP contribution in [-0.2, 0) is 0 Å². The summed E-state index contributed by atoms with van der Waals surface area (Å²) in [5.74, 6) is 3.08. The third-order valence-electron chi connectivity index (χ3n) is 2.71. The van der Waals surface area contributed by atoms with Gasteiger partial charge in [-0.05, 0) is 36.8 Å². The Labute approximate surface area is 67.0 Å². The molecule has 0 N–H and O–H groups in total. The zero-order chi connectivity index (χ0) is 7.56. The number of hydrogen-bond donors (Lipinski definition) is 0. The molecule has 3 unspecified atom stereocenters. The van der Waals surface area contributed by atoms with Crippen LogP contribution in [0.15, 0.2) is 0 Å². The predicted octanol–water partition coefficient (Wildman–Crippen LogP) is 2.93. The topological polar surface area (TPSA) is 0 Å². The highest BCUT2D eigenvalue weighted by Crippen LogP contribution is 2.41. The molecule has 0 aromatic carbocycles. The van der Waals surface area contributed by atoms with Crippen molar-refractivity contribution >= 4 is 9.24 Å². The SMILES string of the molecule is CC1CC1CC[C@H](C)CP. The Balaban J connectivity index is 1.95. The average molecular weight is 158 g/mol. The van der Waals surface area contributed by atoms with E-state index in [1.807, 2.05) is 0 Å². The van der Waals surface area contributed by atoms with Crippen molar-refractivity contribution in [3.05, 3.63) is 0 Å². The van der Waals surface area contributed by atoms with E-state index in [2.05, 4.69) is 23.1 Å². The molecule has 1 heteroatoms. The van der Waals surface area contributed by atoms with E-state index in [-0.39, 0.29) is 0 Å². The summed E-state index contributed by atoms with van der Waals surface area (Å²) in [5.41, 5.74) is 0. The highest BCUT2D eigenvalue weighted by atomic mass is 31.0. The van der Waals surface area contributed by atoms with Gasteiger partial charge in [0, 0.05) is 0 Å². The van der Waals surface area contributed by atoms with Crippen LogP contribution in [0.25, 0.3) is 0 Å². The van der Waals surface area contributed by atoms with Gasteiger partial charge in [0.25, 0.3) is 0 Å². The molecule has 0 radical (unpaired) electrons. The fraction of sp³-hybridized carbons (Fsp3) is 1.00. The van der Waals surface area contributed by atoms with Crippen LogP contribution >= 0.6 is 9.24 Å². The molecule has 0 heterocycles. The van der Waals surface area contributed by atoms with E-state index in [1.165, 1.54) is 25.4 Å². The van der Waals surface area contributed by atoms with Crippen LogP contribution in [0.1, 0.15) is 33.1 Å². The Bertz CT molecular complexity index is 96.9. The first kappa shape index (κ1) is 8.53. The van der Waals surface area contributed by atoms with Gasteiger partial charge in [-0.3, -0.25) is 0 Å². The molecule has 1 rings (SSSR count). The van der Waals surface area contributed by atoms with Crippen molar-refractivity contribution in [2.45, 2.75) is 33.1 Å². The normalized spacial score (nSPS) is 33.9. The zero-order valence-corrected chi connectivity index (χ0v) is 8.29. The van der Waals surface area contributed by atoms with Crippen molar-refractivity contribution in [2.24, 2.45) is 17.8 Å². The van der Waals surface area contributed by atoms with Gasteiger partial charge >= 0.3 is 0 Å².